The standard InChI is InChI=1S/C18H22FN3O4S/c1-11-15(27-13-7-5-12(19)6-8-13)14(16(23)24)22(21-11)10-9-20-17(25)26-18(2,3)4/h5-8H,9-10H2,1-4H3,(H,20,25)(H,23,24). The van der Waals surface area contributed by atoms with Gasteiger partial charge in [0.15, 0.2) is 5.69 Å². The molecule has 0 atom stereocenters. The lowest BCUT2D eigenvalue weighted by Gasteiger charge is -2.19. The van der Waals surface area contributed by atoms with Gasteiger partial charge in [0, 0.05) is 11.4 Å². The van der Waals surface area contributed by atoms with Crippen LogP contribution in [0.3, 0.4) is 0 Å². The molecule has 0 radical (unpaired) electrons. The Bertz CT molecular complexity index is 828. The number of ether oxygens (including phenoxy) is 1. The summed E-state index contributed by atoms with van der Waals surface area (Å²) in [4.78, 5) is 24.6. The highest BCUT2D eigenvalue weighted by atomic mass is 32.2. The van der Waals surface area contributed by atoms with Crippen molar-refractivity contribution in [2.24, 2.45) is 0 Å². The summed E-state index contributed by atoms with van der Waals surface area (Å²) in [5.41, 5.74) is -0.0517. The molecule has 1 heterocycles. The number of carboxylic acid groups (broad SMARTS) is 1. The summed E-state index contributed by atoms with van der Waals surface area (Å²) in [6.07, 6.45) is -0.579. The Morgan fingerprint density at radius 1 is 1.30 bits per heavy atom. The predicted molar refractivity (Wildman–Crippen MR) is 98.7 cm³/mol. The molecule has 1 aromatic carbocycles. The fourth-order valence-corrected chi connectivity index (χ4v) is 3.24. The molecule has 0 aliphatic rings. The summed E-state index contributed by atoms with van der Waals surface area (Å²) in [5.74, 6) is -1.49. The van der Waals surface area contributed by atoms with Crippen molar-refractivity contribution in [3.63, 3.8) is 0 Å². The summed E-state index contributed by atoms with van der Waals surface area (Å²) in [5, 5.41) is 16.4. The van der Waals surface area contributed by atoms with Gasteiger partial charge in [-0.3, -0.25) is 4.68 Å². The number of amides is 1. The summed E-state index contributed by atoms with van der Waals surface area (Å²) in [7, 11) is 0. The van der Waals surface area contributed by atoms with Gasteiger partial charge in [0.2, 0.25) is 0 Å². The number of nitrogens with one attached hydrogen (secondary N) is 1. The van der Waals surface area contributed by atoms with E-state index in [0.717, 1.165) is 0 Å². The molecule has 1 aromatic heterocycles. The van der Waals surface area contributed by atoms with Crippen molar-refractivity contribution >= 4 is 23.8 Å². The van der Waals surface area contributed by atoms with Crippen LogP contribution in [0.25, 0.3) is 0 Å². The molecular weight excluding hydrogens is 373 g/mol. The molecule has 0 unspecified atom stereocenters. The summed E-state index contributed by atoms with van der Waals surface area (Å²) < 4.78 is 19.5. The van der Waals surface area contributed by atoms with E-state index in [1.807, 2.05) is 0 Å². The molecule has 0 bridgehead atoms. The number of halogens is 1. The Morgan fingerprint density at radius 2 is 1.93 bits per heavy atom. The maximum Gasteiger partial charge on any atom is 0.407 e. The molecule has 27 heavy (non-hydrogen) atoms. The molecule has 2 rings (SSSR count). The van der Waals surface area contributed by atoms with Gasteiger partial charge >= 0.3 is 12.1 Å². The van der Waals surface area contributed by atoms with E-state index < -0.39 is 17.7 Å². The number of alkyl carbamates (subject to hydrolysis) is 1. The third kappa shape index (κ3) is 5.99. The lowest BCUT2D eigenvalue weighted by molar-refractivity contribution is 0.0525. The number of rotatable bonds is 6. The van der Waals surface area contributed by atoms with E-state index in [0.29, 0.717) is 15.5 Å². The first-order valence-electron chi connectivity index (χ1n) is 8.28. The van der Waals surface area contributed by atoms with Crippen LogP contribution in [0.2, 0.25) is 0 Å². The monoisotopic (exact) mass is 395 g/mol. The SMILES string of the molecule is Cc1nn(CCNC(=O)OC(C)(C)C)c(C(=O)O)c1Sc1ccc(F)cc1. The number of aromatic carboxylic acids is 1. The van der Waals surface area contributed by atoms with Crippen LogP contribution in [0.1, 0.15) is 37.0 Å². The number of hydrogen-bond donors (Lipinski definition) is 2. The number of hydrogen-bond acceptors (Lipinski definition) is 5. The zero-order valence-electron chi connectivity index (χ0n) is 15.6. The number of carboxylic acids is 1. The molecule has 0 aliphatic heterocycles. The molecule has 1 amide bonds. The van der Waals surface area contributed by atoms with Crippen molar-refractivity contribution in [3.05, 3.63) is 41.5 Å². The van der Waals surface area contributed by atoms with Gasteiger partial charge in [0.25, 0.3) is 0 Å². The lowest BCUT2D eigenvalue weighted by atomic mass is 10.2. The van der Waals surface area contributed by atoms with Crippen LogP contribution in [0.5, 0.6) is 0 Å². The number of benzene rings is 1. The van der Waals surface area contributed by atoms with Gasteiger partial charge in [-0.25, -0.2) is 14.0 Å². The van der Waals surface area contributed by atoms with Gasteiger partial charge in [0.05, 0.1) is 17.1 Å². The molecule has 2 aromatic rings. The van der Waals surface area contributed by atoms with E-state index in [4.69, 9.17) is 4.74 Å². The number of aromatic nitrogens is 2. The topological polar surface area (TPSA) is 93.5 Å². The minimum absolute atomic E-state index is 0.0211. The molecule has 0 saturated heterocycles. The number of carbonyl (C=O) groups excluding carboxylic acids is 1. The highest BCUT2D eigenvalue weighted by Gasteiger charge is 2.22. The average molecular weight is 395 g/mol. The molecule has 2 N–H and O–H groups in total. The second-order valence-electron chi connectivity index (χ2n) is 6.78. The van der Waals surface area contributed by atoms with E-state index in [2.05, 4.69) is 10.4 Å². The first kappa shape index (κ1) is 20.8. The van der Waals surface area contributed by atoms with Crippen LogP contribution >= 0.6 is 11.8 Å². The number of nitrogens with zero attached hydrogens (tertiary/aromatic N) is 2. The molecule has 0 fully saturated rings. The highest BCUT2D eigenvalue weighted by molar-refractivity contribution is 7.99. The highest BCUT2D eigenvalue weighted by Crippen LogP contribution is 2.33. The summed E-state index contributed by atoms with van der Waals surface area (Å²) in [6.45, 7) is 7.31. The second-order valence-corrected chi connectivity index (χ2v) is 7.86. The van der Waals surface area contributed by atoms with Crippen LogP contribution < -0.4 is 5.32 Å². The third-order valence-corrected chi connectivity index (χ3v) is 4.50. The first-order valence-corrected chi connectivity index (χ1v) is 9.09. The van der Waals surface area contributed by atoms with Crippen LogP contribution in [-0.2, 0) is 11.3 Å². The zero-order valence-corrected chi connectivity index (χ0v) is 16.4. The molecule has 0 saturated carbocycles. The number of carbonyl (C=O) groups is 2. The maximum atomic E-state index is 13.1. The fourth-order valence-electron chi connectivity index (χ4n) is 2.26. The molecule has 0 spiro atoms. The third-order valence-electron chi connectivity index (χ3n) is 3.30. The Balaban J connectivity index is 2.12. The molecule has 9 heteroatoms. The second kappa shape index (κ2) is 8.43. The molecular formula is C18H22FN3O4S. The zero-order chi connectivity index (χ0) is 20.2. The smallest absolute Gasteiger partial charge is 0.407 e. The van der Waals surface area contributed by atoms with E-state index in [-0.39, 0.29) is 24.6 Å². The van der Waals surface area contributed by atoms with Crippen LogP contribution in [0.15, 0.2) is 34.1 Å². The Hall–Kier alpha value is -2.55. The van der Waals surface area contributed by atoms with Crippen LogP contribution in [-0.4, -0.2) is 39.1 Å². The maximum absolute atomic E-state index is 13.1. The van der Waals surface area contributed by atoms with Crippen LogP contribution in [0, 0.1) is 12.7 Å². The lowest BCUT2D eigenvalue weighted by Crippen LogP contribution is -2.34. The first-order chi connectivity index (χ1) is 12.6. The summed E-state index contributed by atoms with van der Waals surface area (Å²) >= 11 is 1.20. The Labute approximate surface area is 160 Å². The minimum atomic E-state index is -1.13. The van der Waals surface area contributed by atoms with Crippen molar-refractivity contribution in [2.75, 3.05) is 6.54 Å². The molecule has 0 aliphatic carbocycles. The Morgan fingerprint density at radius 3 is 2.48 bits per heavy atom. The minimum Gasteiger partial charge on any atom is -0.476 e. The van der Waals surface area contributed by atoms with Gasteiger partial charge in [0.1, 0.15) is 11.4 Å². The van der Waals surface area contributed by atoms with Crippen molar-refractivity contribution in [3.8, 4) is 0 Å². The fraction of sp³-hybridized carbons (Fsp3) is 0.389. The van der Waals surface area contributed by atoms with Gasteiger partial charge in [-0.1, -0.05) is 11.8 Å². The largest absolute Gasteiger partial charge is 0.476 e. The van der Waals surface area contributed by atoms with Crippen molar-refractivity contribution < 1.29 is 23.8 Å². The van der Waals surface area contributed by atoms with E-state index in [1.54, 1.807) is 39.8 Å². The predicted octanol–water partition coefficient (Wildman–Crippen LogP) is 3.70. The quantitative estimate of drug-likeness (QED) is 0.775. The number of aryl methyl sites for hydroxylation is 1. The molecule has 146 valence electrons. The van der Waals surface area contributed by atoms with Gasteiger partial charge in [-0.2, -0.15) is 5.10 Å². The normalized spacial score (nSPS) is 11.3. The van der Waals surface area contributed by atoms with E-state index in [9.17, 15) is 19.1 Å². The van der Waals surface area contributed by atoms with Crippen molar-refractivity contribution in [2.45, 2.75) is 49.6 Å². The van der Waals surface area contributed by atoms with E-state index in [1.165, 1.54) is 28.6 Å². The van der Waals surface area contributed by atoms with E-state index >= 15 is 0 Å². The van der Waals surface area contributed by atoms with Crippen molar-refractivity contribution in [1.82, 2.24) is 15.1 Å². The van der Waals surface area contributed by atoms with Gasteiger partial charge in [-0.05, 0) is 52.0 Å². The van der Waals surface area contributed by atoms with Crippen LogP contribution in [0.4, 0.5) is 9.18 Å². The Kier molecular flexibility index (Phi) is 6.48. The van der Waals surface area contributed by atoms with Gasteiger partial charge < -0.3 is 15.2 Å². The van der Waals surface area contributed by atoms with Crippen molar-refractivity contribution in [1.29, 1.82) is 0 Å². The summed E-state index contributed by atoms with van der Waals surface area (Å²) in [6, 6.07) is 5.78. The average Bonchev–Trinajstić information content (AvgIpc) is 2.84. The molecule has 7 nitrogen and oxygen atoms in total. The van der Waals surface area contributed by atoms with Gasteiger partial charge in [-0.15, -0.1) is 0 Å².